The lowest BCUT2D eigenvalue weighted by molar-refractivity contribution is 0.0154. The number of aromatic nitrogens is 1. The van der Waals surface area contributed by atoms with Gasteiger partial charge in [0.2, 0.25) is 0 Å². The molecular formula is C20H27N3OS. The molecule has 0 bridgehead atoms. The Bertz CT molecular complexity index is 654. The van der Waals surface area contributed by atoms with E-state index in [1.54, 1.807) is 0 Å². The normalized spacial score (nSPS) is 23.0. The van der Waals surface area contributed by atoms with E-state index in [1.807, 2.05) is 11.3 Å². The van der Waals surface area contributed by atoms with Crippen molar-refractivity contribution in [1.82, 2.24) is 14.8 Å². The van der Waals surface area contributed by atoms with Crippen molar-refractivity contribution < 1.29 is 4.74 Å². The molecule has 4 rings (SSSR count). The number of hydrogen-bond donors (Lipinski definition) is 0. The molecule has 2 aliphatic heterocycles. The quantitative estimate of drug-likeness (QED) is 0.819. The van der Waals surface area contributed by atoms with E-state index in [1.165, 1.54) is 42.8 Å². The molecule has 0 amide bonds. The summed E-state index contributed by atoms with van der Waals surface area (Å²) < 4.78 is 5.49. The predicted octanol–water partition coefficient (Wildman–Crippen LogP) is 3.50. The molecule has 25 heavy (non-hydrogen) atoms. The minimum Gasteiger partial charge on any atom is -0.379 e. The summed E-state index contributed by atoms with van der Waals surface area (Å²) in [6.45, 7) is 7.40. The molecule has 134 valence electrons. The first-order valence-corrected chi connectivity index (χ1v) is 10.2. The highest BCUT2D eigenvalue weighted by atomic mass is 32.1. The maximum absolute atomic E-state index is 5.49. The Labute approximate surface area is 154 Å². The van der Waals surface area contributed by atoms with Crippen LogP contribution in [0.25, 0.3) is 10.6 Å². The van der Waals surface area contributed by atoms with Crippen LogP contribution in [0.15, 0.2) is 36.5 Å². The summed E-state index contributed by atoms with van der Waals surface area (Å²) in [7, 11) is 0. The third kappa shape index (κ3) is 4.47. The van der Waals surface area contributed by atoms with Crippen LogP contribution in [0, 0.1) is 0 Å². The second-order valence-electron chi connectivity index (χ2n) is 7.03. The number of benzene rings is 1. The molecule has 4 nitrogen and oxygen atoms in total. The maximum atomic E-state index is 5.49. The van der Waals surface area contributed by atoms with Gasteiger partial charge in [-0.2, -0.15) is 0 Å². The molecule has 3 heterocycles. The fraction of sp³-hybridized carbons (Fsp3) is 0.550. The Kier molecular flexibility index (Phi) is 5.77. The first-order chi connectivity index (χ1) is 12.4. The van der Waals surface area contributed by atoms with Crippen LogP contribution in [-0.4, -0.2) is 60.2 Å². The molecule has 1 atom stereocenters. The molecule has 0 saturated carbocycles. The van der Waals surface area contributed by atoms with Crippen molar-refractivity contribution in [3.8, 4) is 10.6 Å². The molecule has 2 aromatic rings. The van der Waals surface area contributed by atoms with Gasteiger partial charge in [-0.15, -0.1) is 11.3 Å². The summed E-state index contributed by atoms with van der Waals surface area (Å²) in [6.07, 6.45) is 6.09. The van der Waals surface area contributed by atoms with Crippen molar-refractivity contribution in [3.05, 3.63) is 41.4 Å². The van der Waals surface area contributed by atoms with Crippen molar-refractivity contribution >= 4 is 11.3 Å². The molecule has 1 aromatic heterocycles. The zero-order chi connectivity index (χ0) is 16.9. The smallest absolute Gasteiger partial charge is 0.123 e. The standard InChI is InChI=1S/C20H27N3OS/c1-2-6-17(7-3-1)20-21-14-19(25-20)16-23-9-5-4-8-18(23)15-22-10-12-24-13-11-22/h1-3,6-7,14,18H,4-5,8-13,15-16H2. The number of hydrogen-bond acceptors (Lipinski definition) is 5. The minimum atomic E-state index is 0.675. The first kappa shape index (κ1) is 17.2. The van der Waals surface area contributed by atoms with Gasteiger partial charge in [-0.05, 0) is 19.4 Å². The zero-order valence-corrected chi connectivity index (χ0v) is 15.6. The van der Waals surface area contributed by atoms with E-state index in [2.05, 4.69) is 51.3 Å². The molecule has 2 aliphatic rings. The van der Waals surface area contributed by atoms with Gasteiger partial charge in [0.1, 0.15) is 5.01 Å². The van der Waals surface area contributed by atoms with Crippen LogP contribution in [0.5, 0.6) is 0 Å². The van der Waals surface area contributed by atoms with Gasteiger partial charge in [0.15, 0.2) is 0 Å². The monoisotopic (exact) mass is 357 g/mol. The fourth-order valence-corrected chi connectivity index (χ4v) is 4.80. The van der Waals surface area contributed by atoms with Crippen LogP contribution < -0.4 is 0 Å². The summed E-state index contributed by atoms with van der Waals surface area (Å²) in [4.78, 5) is 11.3. The third-order valence-electron chi connectivity index (χ3n) is 5.25. The van der Waals surface area contributed by atoms with Crippen molar-refractivity contribution in [1.29, 1.82) is 0 Å². The Morgan fingerprint density at radius 2 is 1.92 bits per heavy atom. The molecule has 1 unspecified atom stereocenters. The van der Waals surface area contributed by atoms with Gasteiger partial charge in [0, 0.05) is 48.9 Å². The van der Waals surface area contributed by atoms with E-state index in [0.717, 1.165) is 37.9 Å². The highest BCUT2D eigenvalue weighted by molar-refractivity contribution is 7.15. The number of ether oxygens (including phenoxy) is 1. The topological polar surface area (TPSA) is 28.6 Å². The van der Waals surface area contributed by atoms with Crippen LogP contribution in [0.4, 0.5) is 0 Å². The maximum Gasteiger partial charge on any atom is 0.123 e. The lowest BCUT2D eigenvalue weighted by Crippen LogP contribution is -2.48. The van der Waals surface area contributed by atoms with E-state index in [4.69, 9.17) is 4.74 Å². The molecular weight excluding hydrogens is 330 g/mol. The Hall–Kier alpha value is -1.27. The average Bonchev–Trinajstić information content (AvgIpc) is 3.14. The molecule has 0 aliphatic carbocycles. The SMILES string of the molecule is c1ccc(-c2ncc(CN3CCCCC3CN3CCOCC3)s2)cc1. The second-order valence-corrected chi connectivity index (χ2v) is 8.15. The van der Waals surface area contributed by atoms with Crippen molar-refractivity contribution in [2.24, 2.45) is 0 Å². The number of piperidine rings is 1. The Balaban J connectivity index is 1.40. The second kappa shape index (κ2) is 8.41. The molecule has 0 radical (unpaired) electrons. The van der Waals surface area contributed by atoms with Gasteiger partial charge < -0.3 is 4.74 Å². The van der Waals surface area contributed by atoms with E-state index in [-0.39, 0.29) is 0 Å². The lowest BCUT2D eigenvalue weighted by atomic mass is 10.0. The number of thiazole rings is 1. The minimum absolute atomic E-state index is 0.675. The summed E-state index contributed by atoms with van der Waals surface area (Å²) in [5.74, 6) is 0. The van der Waals surface area contributed by atoms with Crippen LogP contribution >= 0.6 is 11.3 Å². The predicted molar refractivity (Wildman–Crippen MR) is 103 cm³/mol. The molecule has 5 heteroatoms. The molecule has 2 fully saturated rings. The lowest BCUT2D eigenvalue weighted by Gasteiger charge is -2.39. The summed E-state index contributed by atoms with van der Waals surface area (Å²) in [5.41, 5.74) is 1.22. The van der Waals surface area contributed by atoms with E-state index < -0.39 is 0 Å². The summed E-state index contributed by atoms with van der Waals surface area (Å²) in [6, 6.07) is 11.2. The van der Waals surface area contributed by atoms with Crippen LogP contribution in [0.2, 0.25) is 0 Å². The van der Waals surface area contributed by atoms with Crippen LogP contribution in [-0.2, 0) is 11.3 Å². The Morgan fingerprint density at radius 1 is 1.08 bits per heavy atom. The summed E-state index contributed by atoms with van der Waals surface area (Å²) >= 11 is 1.84. The van der Waals surface area contributed by atoms with E-state index in [9.17, 15) is 0 Å². The summed E-state index contributed by atoms with van der Waals surface area (Å²) in [5, 5.41) is 1.14. The van der Waals surface area contributed by atoms with Crippen molar-refractivity contribution in [3.63, 3.8) is 0 Å². The van der Waals surface area contributed by atoms with Gasteiger partial charge in [-0.3, -0.25) is 9.80 Å². The Morgan fingerprint density at radius 3 is 2.76 bits per heavy atom. The molecule has 0 spiro atoms. The van der Waals surface area contributed by atoms with E-state index >= 15 is 0 Å². The number of likely N-dealkylation sites (tertiary alicyclic amines) is 1. The largest absolute Gasteiger partial charge is 0.379 e. The fourth-order valence-electron chi connectivity index (χ4n) is 3.85. The third-order valence-corrected chi connectivity index (χ3v) is 6.29. The van der Waals surface area contributed by atoms with Crippen LogP contribution in [0.1, 0.15) is 24.1 Å². The molecule has 0 N–H and O–H groups in total. The zero-order valence-electron chi connectivity index (χ0n) is 14.8. The van der Waals surface area contributed by atoms with Gasteiger partial charge in [-0.25, -0.2) is 4.98 Å². The van der Waals surface area contributed by atoms with Gasteiger partial charge in [0.25, 0.3) is 0 Å². The molecule has 2 saturated heterocycles. The highest BCUT2D eigenvalue weighted by Gasteiger charge is 2.25. The van der Waals surface area contributed by atoms with Gasteiger partial charge >= 0.3 is 0 Å². The van der Waals surface area contributed by atoms with Crippen molar-refractivity contribution in [2.75, 3.05) is 39.4 Å². The number of morpholine rings is 1. The van der Waals surface area contributed by atoms with Crippen LogP contribution in [0.3, 0.4) is 0 Å². The van der Waals surface area contributed by atoms with Gasteiger partial charge in [-0.1, -0.05) is 36.8 Å². The highest BCUT2D eigenvalue weighted by Crippen LogP contribution is 2.28. The van der Waals surface area contributed by atoms with E-state index in [0.29, 0.717) is 6.04 Å². The first-order valence-electron chi connectivity index (χ1n) is 9.43. The van der Waals surface area contributed by atoms with Crippen molar-refractivity contribution in [2.45, 2.75) is 31.8 Å². The average molecular weight is 358 g/mol. The number of nitrogens with zero attached hydrogens (tertiary/aromatic N) is 3. The van der Waals surface area contributed by atoms with Gasteiger partial charge in [0.05, 0.1) is 13.2 Å². The number of rotatable bonds is 5. The molecule has 1 aromatic carbocycles.